The molecule has 0 spiro atoms. The lowest BCUT2D eigenvalue weighted by atomic mass is 10.0. The summed E-state index contributed by atoms with van der Waals surface area (Å²) in [6.45, 7) is 11.2. The molecule has 3 nitrogen and oxygen atoms in total. The summed E-state index contributed by atoms with van der Waals surface area (Å²) in [6, 6.07) is 3.76. The predicted octanol–water partition coefficient (Wildman–Crippen LogP) is 2.44. The Bertz CT molecular complexity index is 396. The van der Waals surface area contributed by atoms with E-state index in [2.05, 4.69) is 38.0 Å². The molecule has 0 bridgehead atoms. The number of aromatic nitrogens is 1. The molecule has 0 aromatic carbocycles. The van der Waals surface area contributed by atoms with Crippen LogP contribution in [0, 0.1) is 16.7 Å². The van der Waals surface area contributed by atoms with Crippen molar-refractivity contribution >= 4 is 5.69 Å². The van der Waals surface area contributed by atoms with Crippen LogP contribution in [-0.2, 0) is 6.54 Å². The van der Waals surface area contributed by atoms with Gasteiger partial charge in [0.1, 0.15) is 0 Å². The van der Waals surface area contributed by atoms with E-state index in [-0.39, 0.29) is 0 Å². The van der Waals surface area contributed by atoms with Crippen molar-refractivity contribution in [2.24, 2.45) is 16.7 Å². The molecule has 1 aromatic heterocycles. The quantitative estimate of drug-likeness (QED) is 0.840. The first-order chi connectivity index (χ1) is 7.87. The van der Waals surface area contributed by atoms with Crippen LogP contribution in [0.25, 0.3) is 0 Å². The minimum absolute atomic E-state index is 0.440. The van der Waals surface area contributed by atoms with Crippen LogP contribution in [0.2, 0.25) is 0 Å². The van der Waals surface area contributed by atoms with E-state index in [1.54, 1.807) is 6.20 Å². The Labute approximate surface area is 104 Å². The lowest BCUT2D eigenvalue weighted by Crippen LogP contribution is -2.20. The first-order valence-corrected chi connectivity index (χ1v) is 6.27. The second-order valence-electron chi connectivity index (χ2n) is 6.17. The molecule has 1 saturated carbocycles. The van der Waals surface area contributed by atoms with Gasteiger partial charge in [0, 0.05) is 12.7 Å². The zero-order valence-corrected chi connectivity index (χ0v) is 11.2. The summed E-state index contributed by atoms with van der Waals surface area (Å²) in [5, 5.41) is 3.47. The van der Waals surface area contributed by atoms with E-state index in [0.29, 0.717) is 10.8 Å². The monoisotopic (exact) mass is 233 g/mol. The molecule has 1 aliphatic carbocycles. The number of nitrogens with two attached hydrogens (primary N) is 1. The molecule has 1 fully saturated rings. The van der Waals surface area contributed by atoms with E-state index in [1.807, 2.05) is 12.1 Å². The van der Waals surface area contributed by atoms with Gasteiger partial charge in [-0.15, -0.1) is 0 Å². The molecule has 3 heteroatoms. The average molecular weight is 233 g/mol. The maximum absolute atomic E-state index is 5.86. The van der Waals surface area contributed by atoms with Crippen LogP contribution >= 0.6 is 0 Å². The minimum atomic E-state index is 0.440. The fourth-order valence-corrected chi connectivity index (χ4v) is 2.78. The summed E-state index contributed by atoms with van der Waals surface area (Å²) >= 11 is 0. The van der Waals surface area contributed by atoms with Crippen molar-refractivity contribution < 1.29 is 0 Å². The number of anilines is 1. The molecule has 0 unspecified atom stereocenters. The Balaban J connectivity index is 1.84. The Morgan fingerprint density at radius 1 is 1.29 bits per heavy atom. The van der Waals surface area contributed by atoms with Crippen LogP contribution in [0.3, 0.4) is 0 Å². The molecule has 0 amide bonds. The normalized spacial score (nSPS) is 21.4. The van der Waals surface area contributed by atoms with Gasteiger partial charge in [0.15, 0.2) is 0 Å². The van der Waals surface area contributed by atoms with Gasteiger partial charge in [-0.2, -0.15) is 0 Å². The van der Waals surface area contributed by atoms with Crippen LogP contribution in [0.15, 0.2) is 18.3 Å². The van der Waals surface area contributed by atoms with Crippen molar-refractivity contribution in [1.82, 2.24) is 10.3 Å². The molecule has 17 heavy (non-hydrogen) atoms. The molecule has 3 N–H and O–H groups in total. The molecular weight excluding hydrogens is 210 g/mol. The van der Waals surface area contributed by atoms with Gasteiger partial charge in [0.05, 0.1) is 11.4 Å². The summed E-state index contributed by atoms with van der Waals surface area (Å²) in [6.07, 6.45) is 1.79. The third kappa shape index (κ3) is 2.04. The number of hydrogen-bond acceptors (Lipinski definition) is 3. The van der Waals surface area contributed by atoms with Gasteiger partial charge >= 0.3 is 0 Å². The van der Waals surface area contributed by atoms with Gasteiger partial charge in [-0.05, 0) is 35.4 Å². The fraction of sp³-hybridized carbons (Fsp3) is 0.643. The van der Waals surface area contributed by atoms with E-state index >= 15 is 0 Å². The molecule has 1 aromatic rings. The van der Waals surface area contributed by atoms with Crippen LogP contribution in [0.1, 0.15) is 33.4 Å². The highest BCUT2D eigenvalue weighted by Gasteiger charge is 2.63. The van der Waals surface area contributed by atoms with E-state index in [4.69, 9.17) is 5.73 Å². The van der Waals surface area contributed by atoms with Crippen LogP contribution in [-0.4, -0.2) is 11.5 Å². The van der Waals surface area contributed by atoms with Crippen molar-refractivity contribution in [2.75, 3.05) is 12.3 Å². The lowest BCUT2D eigenvalue weighted by Gasteiger charge is -2.07. The average Bonchev–Trinajstić information content (AvgIpc) is 2.63. The predicted molar refractivity (Wildman–Crippen MR) is 71.4 cm³/mol. The van der Waals surface area contributed by atoms with Crippen molar-refractivity contribution in [3.05, 3.63) is 24.0 Å². The summed E-state index contributed by atoms with van der Waals surface area (Å²) in [4.78, 5) is 4.28. The van der Waals surface area contributed by atoms with Crippen molar-refractivity contribution in [2.45, 2.75) is 34.2 Å². The summed E-state index contributed by atoms with van der Waals surface area (Å²) in [7, 11) is 0. The molecular formula is C14H23N3. The van der Waals surface area contributed by atoms with E-state index in [0.717, 1.165) is 30.4 Å². The molecule has 1 heterocycles. The van der Waals surface area contributed by atoms with Crippen molar-refractivity contribution in [3.8, 4) is 0 Å². The SMILES string of the molecule is CC1(C)C(CNCc2ncccc2N)C1(C)C. The van der Waals surface area contributed by atoms with Gasteiger partial charge in [-0.3, -0.25) is 4.98 Å². The second kappa shape index (κ2) is 3.98. The first kappa shape index (κ1) is 12.4. The van der Waals surface area contributed by atoms with Crippen molar-refractivity contribution in [1.29, 1.82) is 0 Å². The van der Waals surface area contributed by atoms with E-state index in [1.165, 1.54) is 0 Å². The molecule has 2 rings (SSSR count). The third-order valence-electron chi connectivity index (χ3n) is 4.89. The van der Waals surface area contributed by atoms with Gasteiger partial charge in [-0.1, -0.05) is 27.7 Å². The Kier molecular flexibility index (Phi) is 2.90. The van der Waals surface area contributed by atoms with Crippen LogP contribution < -0.4 is 11.1 Å². The summed E-state index contributed by atoms with van der Waals surface area (Å²) in [5.74, 6) is 0.736. The summed E-state index contributed by atoms with van der Waals surface area (Å²) < 4.78 is 0. The zero-order chi connectivity index (χ0) is 12.7. The molecule has 0 saturated heterocycles. The fourth-order valence-electron chi connectivity index (χ4n) is 2.78. The molecule has 0 radical (unpaired) electrons. The smallest absolute Gasteiger partial charge is 0.0770 e. The first-order valence-electron chi connectivity index (χ1n) is 6.27. The molecule has 0 aliphatic heterocycles. The Morgan fingerprint density at radius 3 is 2.47 bits per heavy atom. The number of nitrogen functional groups attached to an aromatic ring is 1. The summed E-state index contributed by atoms with van der Waals surface area (Å²) in [5.41, 5.74) is 8.46. The zero-order valence-electron chi connectivity index (χ0n) is 11.2. The number of hydrogen-bond donors (Lipinski definition) is 2. The number of rotatable bonds is 4. The van der Waals surface area contributed by atoms with Gasteiger partial charge in [0.2, 0.25) is 0 Å². The van der Waals surface area contributed by atoms with Gasteiger partial charge < -0.3 is 11.1 Å². The number of nitrogens with zero attached hydrogens (tertiary/aromatic N) is 1. The van der Waals surface area contributed by atoms with Gasteiger partial charge in [0.25, 0.3) is 0 Å². The lowest BCUT2D eigenvalue weighted by molar-refractivity contribution is 0.457. The highest BCUT2D eigenvalue weighted by atomic mass is 14.9. The van der Waals surface area contributed by atoms with Crippen LogP contribution in [0.4, 0.5) is 5.69 Å². The number of nitrogens with one attached hydrogen (secondary N) is 1. The number of pyridine rings is 1. The van der Waals surface area contributed by atoms with Crippen molar-refractivity contribution in [3.63, 3.8) is 0 Å². The third-order valence-corrected chi connectivity index (χ3v) is 4.89. The van der Waals surface area contributed by atoms with Crippen LogP contribution in [0.5, 0.6) is 0 Å². The van der Waals surface area contributed by atoms with E-state index in [9.17, 15) is 0 Å². The Hall–Kier alpha value is -1.09. The maximum atomic E-state index is 5.86. The molecule has 94 valence electrons. The topological polar surface area (TPSA) is 50.9 Å². The van der Waals surface area contributed by atoms with E-state index < -0.39 is 0 Å². The largest absolute Gasteiger partial charge is 0.397 e. The standard InChI is InChI=1S/C14H23N3/c1-13(2)12(14(13,3)4)9-16-8-11-10(15)6-5-7-17-11/h5-7,12,16H,8-9,15H2,1-4H3. The highest BCUT2D eigenvalue weighted by Crippen LogP contribution is 2.67. The molecule has 0 atom stereocenters. The maximum Gasteiger partial charge on any atom is 0.0770 e. The highest BCUT2D eigenvalue weighted by molar-refractivity contribution is 5.41. The minimum Gasteiger partial charge on any atom is -0.397 e. The Morgan fingerprint density at radius 2 is 1.94 bits per heavy atom. The second-order valence-corrected chi connectivity index (χ2v) is 6.17. The molecule has 1 aliphatic rings. The van der Waals surface area contributed by atoms with Gasteiger partial charge in [-0.25, -0.2) is 0 Å².